The Morgan fingerprint density at radius 3 is 2.52 bits per heavy atom. The summed E-state index contributed by atoms with van der Waals surface area (Å²) < 4.78 is 28.8. The van der Waals surface area contributed by atoms with Crippen molar-refractivity contribution in [2.24, 2.45) is 22.9 Å². The van der Waals surface area contributed by atoms with E-state index in [1.165, 1.54) is 6.07 Å². The Bertz CT molecular complexity index is 875. The summed E-state index contributed by atoms with van der Waals surface area (Å²) >= 11 is 0. The second kappa shape index (κ2) is 9.45. The van der Waals surface area contributed by atoms with E-state index in [1.807, 2.05) is 31.7 Å². The summed E-state index contributed by atoms with van der Waals surface area (Å²) in [5, 5.41) is 5.14. The minimum absolute atomic E-state index is 0.0851. The van der Waals surface area contributed by atoms with E-state index in [0.29, 0.717) is 30.7 Å². The normalized spacial score (nSPS) is 20.2. The Hall–Kier alpha value is -1.67. The quantitative estimate of drug-likeness (QED) is 0.661. The van der Waals surface area contributed by atoms with Gasteiger partial charge in [0.1, 0.15) is 5.60 Å². The molecule has 1 saturated heterocycles. The van der Waals surface area contributed by atoms with Gasteiger partial charge in [-0.25, -0.2) is 23.3 Å². The zero-order chi connectivity index (χ0) is 23.6. The number of carbonyl (C=O) groups excluding carboxylic acids is 1. The molecule has 1 unspecified atom stereocenters. The Labute approximate surface area is 187 Å². The van der Waals surface area contributed by atoms with Gasteiger partial charge < -0.3 is 9.64 Å². The Morgan fingerprint density at radius 1 is 1.32 bits per heavy atom. The van der Waals surface area contributed by atoms with E-state index in [-0.39, 0.29) is 16.7 Å². The number of carbonyl (C=O) groups is 1. The third kappa shape index (κ3) is 7.45. The van der Waals surface area contributed by atoms with Crippen LogP contribution < -0.4 is 5.14 Å². The van der Waals surface area contributed by atoms with Crippen LogP contribution in [0.3, 0.4) is 0 Å². The van der Waals surface area contributed by atoms with Crippen LogP contribution in [0.25, 0.3) is 0 Å². The van der Waals surface area contributed by atoms with Crippen LogP contribution in [0.15, 0.2) is 23.2 Å². The number of likely N-dealkylation sites (tertiary alicyclic amines) is 1. The van der Waals surface area contributed by atoms with Crippen molar-refractivity contribution in [3.05, 3.63) is 23.9 Å². The van der Waals surface area contributed by atoms with Crippen LogP contribution in [-0.4, -0.2) is 42.1 Å². The van der Waals surface area contributed by atoms with Crippen molar-refractivity contribution in [1.29, 1.82) is 0 Å². The molecule has 1 aliphatic rings. The molecule has 0 aromatic carbocycles. The third-order valence-corrected chi connectivity index (χ3v) is 6.82. The fourth-order valence-electron chi connectivity index (χ4n) is 4.34. The predicted octanol–water partition coefficient (Wildman–Crippen LogP) is 4.36. The first-order chi connectivity index (χ1) is 14.1. The molecule has 2 atom stereocenters. The lowest BCUT2D eigenvalue weighted by Crippen LogP contribution is -2.45. The van der Waals surface area contributed by atoms with E-state index in [2.05, 4.69) is 32.7 Å². The molecule has 8 heteroatoms. The summed E-state index contributed by atoms with van der Waals surface area (Å²) in [4.78, 5) is 18.8. The zero-order valence-electron chi connectivity index (χ0n) is 20.0. The molecule has 1 fully saturated rings. The number of ether oxygens (including phenoxy) is 1. The van der Waals surface area contributed by atoms with E-state index in [9.17, 15) is 13.2 Å². The number of nitrogens with zero attached hydrogens (tertiary/aromatic N) is 2. The van der Waals surface area contributed by atoms with Gasteiger partial charge >= 0.3 is 6.09 Å². The first-order valence-electron chi connectivity index (χ1n) is 11.1. The van der Waals surface area contributed by atoms with Gasteiger partial charge in [-0.05, 0) is 90.2 Å². The van der Waals surface area contributed by atoms with Gasteiger partial charge in [0.25, 0.3) is 10.0 Å². The highest BCUT2D eigenvalue weighted by Crippen LogP contribution is 2.37. The van der Waals surface area contributed by atoms with E-state index >= 15 is 0 Å². The fraction of sp³-hybridized carbons (Fsp3) is 0.739. The van der Waals surface area contributed by atoms with E-state index in [1.54, 1.807) is 6.07 Å². The summed E-state index contributed by atoms with van der Waals surface area (Å²) in [6.07, 6.45) is 3.38. The van der Waals surface area contributed by atoms with Crippen LogP contribution >= 0.6 is 0 Å². The maximum atomic E-state index is 12.7. The Kier molecular flexibility index (Phi) is 7.80. The molecule has 7 nitrogen and oxygen atoms in total. The number of hydrogen-bond acceptors (Lipinski definition) is 5. The number of amides is 1. The highest BCUT2D eigenvalue weighted by molar-refractivity contribution is 7.89. The van der Waals surface area contributed by atoms with Gasteiger partial charge in [0.2, 0.25) is 0 Å². The largest absolute Gasteiger partial charge is 0.444 e. The molecule has 0 saturated carbocycles. The van der Waals surface area contributed by atoms with E-state index < -0.39 is 15.6 Å². The van der Waals surface area contributed by atoms with Gasteiger partial charge in [0, 0.05) is 17.8 Å². The SMILES string of the molecule is CC(C)C(CC[C@@H]1CN(C(=O)OC(C)(C)C)C(C)(C)C1)Cc1cccc(S(N)(=O)=O)n1. The molecule has 2 N–H and O–H groups in total. The topological polar surface area (TPSA) is 103 Å². The lowest BCUT2D eigenvalue weighted by molar-refractivity contribution is 0.0130. The van der Waals surface area contributed by atoms with Crippen molar-refractivity contribution in [3.8, 4) is 0 Å². The highest BCUT2D eigenvalue weighted by Gasteiger charge is 2.42. The van der Waals surface area contributed by atoms with Crippen molar-refractivity contribution in [2.75, 3.05) is 6.54 Å². The molecule has 0 radical (unpaired) electrons. The molecule has 1 aromatic rings. The van der Waals surface area contributed by atoms with Gasteiger partial charge in [-0.15, -0.1) is 0 Å². The van der Waals surface area contributed by atoms with Gasteiger partial charge in [0.05, 0.1) is 0 Å². The second-order valence-electron chi connectivity index (χ2n) is 10.8. The van der Waals surface area contributed by atoms with Crippen molar-refractivity contribution >= 4 is 16.1 Å². The molecular formula is C23H39N3O4S. The van der Waals surface area contributed by atoms with Crippen LogP contribution in [0.1, 0.15) is 73.4 Å². The summed E-state index contributed by atoms with van der Waals surface area (Å²) in [7, 11) is -3.81. The summed E-state index contributed by atoms with van der Waals surface area (Å²) in [6.45, 7) is 14.9. The lowest BCUT2D eigenvalue weighted by atomic mass is 9.83. The maximum absolute atomic E-state index is 12.7. The monoisotopic (exact) mass is 453 g/mol. The van der Waals surface area contributed by atoms with Gasteiger partial charge in [-0.2, -0.15) is 0 Å². The predicted molar refractivity (Wildman–Crippen MR) is 122 cm³/mol. The molecule has 1 amide bonds. The summed E-state index contributed by atoms with van der Waals surface area (Å²) in [5.74, 6) is 1.20. The highest BCUT2D eigenvalue weighted by atomic mass is 32.2. The summed E-state index contributed by atoms with van der Waals surface area (Å²) in [5.41, 5.74) is 0.00506. The van der Waals surface area contributed by atoms with Crippen molar-refractivity contribution in [3.63, 3.8) is 0 Å². The molecule has 2 rings (SSSR count). The molecule has 1 aromatic heterocycles. The average Bonchev–Trinajstić information content (AvgIpc) is 2.91. The molecule has 31 heavy (non-hydrogen) atoms. The van der Waals surface area contributed by atoms with Gasteiger partial charge in [-0.3, -0.25) is 0 Å². The molecule has 0 spiro atoms. The smallest absolute Gasteiger partial charge is 0.410 e. The number of rotatable bonds is 7. The van der Waals surface area contributed by atoms with Crippen molar-refractivity contribution in [2.45, 2.75) is 90.3 Å². The maximum Gasteiger partial charge on any atom is 0.410 e. The van der Waals surface area contributed by atoms with Crippen LogP contribution in [-0.2, 0) is 21.2 Å². The van der Waals surface area contributed by atoms with Gasteiger partial charge in [0.15, 0.2) is 5.03 Å². The number of aromatic nitrogens is 1. The number of sulfonamides is 1. The lowest BCUT2D eigenvalue weighted by Gasteiger charge is -2.33. The average molecular weight is 454 g/mol. The Morgan fingerprint density at radius 2 is 1.97 bits per heavy atom. The van der Waals surface area contributed by atoms with E-state index in [4.69, 9.17) is 9.88 Å². The number of pyridine rings is 1. The van der Waals surface area contributed by atoms with Crippen LogP contribution in [0.4, 0.5) is 4.79 Å². The third-order valence-electron chi connectivity index (χ3n) is 6.01. The fourth-order valence-corrected chi connectivity index (χ4v) is 4.85. The first-order valence-corrected chi connectivity index (χ1v) is 12.6. The summed E-state index contributed by atoms with van der Waals surface area (Å²) in [6, 6.07) is 4.97. The van der Waals surface area contributed by atoms with E-state index in [0.717, 1.165) is 25.0 Å². The standard InChI is InChI=1S/C23H39N3O4S/c1-16(2)18(13-19-9-8-10-20(25-19)31(24,28)29)12-11-17-14-23(6,7)26(15-17)21(27)30-22(3,4)5/h8-10,16-18H,11-15H2,1-7H3,(H2,24,28,29)/t17-,18?/m0/s1. The van der Waals surface area contributed by atoms with Crippen molar-refractivity contribution < 1.29 is 17.9 Å². The molecule has 176 valence electrons. The second-order valence-corrected chi connectivity index (χ2v) is 12.3. The zero-order valence-corrected chi connectivity index (χ0v) is 20.8. The molecular weight excluding hydrogens is 414 g/mol. The molecule has 0 bridgehead atoms. The number of hydrogen-bond donors (Lipinski definition) is 1. The molecule has 0 aliphatic carbocycles. The van der Waals surface area contributed by atoms with Crippen LogP contribution in [0.5, 0.6) is 0 Å². The minimum atomic E-state index is -3.81. The Balaban J connectivity index is 2.02. The van der Waals surface area contributed by atoms with Gasteiger partial charge in [-0.1, -0.05) is 19.9 Å². The van der Waals surface area contributed by atoms with Crippen LogP contribution in [0, 0.1) is 17.8 Å². The molecule has 1 aliphatic heterocycles. The minimum Gasteiger partial charge on any atom is -0.444 e. The van der Waals surface area contributed by atoms with Crippen LogP contribution in [0.2, 0.25) is 0 Å². The first kappa shape index (κ1) is 25.6. The van der Waals surface area contributed by atoms with Crippen molar-refractivity contribution in [1.82, 2.24) is 9.88 Å². The number of primary sulfonamides is 1. The molecule has 2 heterocycles. The number of nitrogens with two attached hydrogens (primary N) is 1.